The number of oxazole rings is 1. The van der Waals surface area contributed by atoms with Gasteiger partial charge in [0.1, 0.15) is 11.5 Å². The van der Waals surface area contributed by atoms with Gasteiger partial charge in [-0.1, -0.05) is 23.7 Å². The van der Waals surface area contributed by atoms with Gasteiger partial charge in [-0.3, -0.25) is 4.79 Å². The summed E-state index contributed by atoms with van der Waals surface area (Å²) in [6.07, 6.45) is 2.82. The summed E-state index contributed by atoms with van der Waals surface area (Å²) in [6, 6.07) is 11.2. The van der Waals surface area contributed by atoms with Gasteiger partial charge in [-0.25, -0.2) is 4.98 Å². The summed E-state index contributed by atoms with van der Waals surface area (Å²) in [6.45, 7) is 3.24. The number of benzene rings is 1. The summed E-state index contributed by atoms with van der Waals surface area (Å²) < 4.78 is 11.2. The molecular formula is C20H19ClN2O3. The van der Waals surface area contributed by atoms with Gasteiger partial charge in [0, 0.05) is 19.0 Å². The van der Waals surface area contributed by atoms with Gasteiger partial charge in [0.15, 0.2) is 0 Å². The molecule has 6 heteroatoms. The van der Waals surface area contributed by atoms with Crippen LogP contribution < -0.4 is 0 Å². The van der Waals surface area contributed by atoms with Gasteiger partial charge >= 0.3 is 0 Å². The third kappa shape index (κ3) is 3.27. The van der Waals surface area contributed by atoms with Crippen molar-refractivity contribution in [3.63, 3.8) is 0 Å². The van der Waals surface area contributed by atoms with E-state index in [1.165, 1.54) is 0 Å². The lowest BCUT2D eigenvalue weighted by molar-refractivity contribution is -0.129. The van der Waals surface area contributed by atoms with Crippen LogP contribution in [0.3, 0.4) is 0 Å². The fraction of sp³-hybridized carbons (Fsp3) is 0.300. The minimum absolute atomic E-state index is 0.0566. The second-order valence-electron chi connectivity index (χ2n) is 6.52. The van der Waals surface area contributed by atoms with E-state index in [2.05, 4.69) is 4.98 Å². The fourth-order valence-electron chi connectivity index (χ4n) is 3.34. The second-order valence-corrected chi connectivity index (χ2v) is 6.93. The molecule has 0 spiro atoms. The van der Waals surface area contributed by atoms with Crippen molar-refractivity contribution >= 4 is 17.5 Å². The molecule has 2 aromatic heterocycles. The van der Waals surface area contributed by atoms with Crippen LogP contribution in [0.5, 0.6) is 0 Å². The molecule has 0 aliphatic carbocycles. The number of halogens is 1. The summed E-state index contributed by atoms with van der Waals surface area (Å²) in [5.41, 5.74) is 1.39. The van der Waals surface area contributed by atoms with Gasteiger partial charge in [-0.05, 0) is 37.6 Å². The summed E-state index contributed by atoms with van der Waals surface area (Å²) in [7, 11) is 0. The van der Waals surface area contributed by atoms with Crippen LogP contribution >= 0.6 is 11.6 Å². The van der Waals surface area contributed by atoms with E-state index < -0.39 is 0 Å². The number of aromatic nitrogens is 1. The molecule has 1 aromatic carbocycles. The van der Waals surface area contributed by atoms with Crippen molar-refractivity contribution in [1.82, 2.24) is 9.88 Å². The Morgan fingerprint density at radius 2 is 2.15 bits per heavy atom. The highest BCUT2D eigenvalue weighted by atomic mass is 35.5. The maximum atomic E-state index is 12.7. The van der Waals surface area contributed by atoms with E-state index in [0.29, 0.717) is 28.9 Å². The third-order valence-electron chi connectivity index (χ3n) is 4.80. The van der Waals surface area contributed by atoms with Crippen LogP contribution in [-0.4, -0.2) is 28.9 Å². The maximum absolute atomic E-state index is 12.7. The number of aryl methyl sites for hydroxylation is 1. The SMILES string of the molecule is Cc1oc(-c2ccccc2Cl)nc1CC(=O)N1CCC(c2ccco2)C1. The van der Waals surface area contributed by atoms with E-state index >= 15 is 0 Å². The first-order valence-electron chi connectivity index (χ1n) is 8.64. The zero-order chi connectivity index (χ0) is 18.1. The molecule has 1 fully saturated rings. The summed E-state index contributed by atoms with van der Waals surface area (Å²) in [4.78, 5) is 19.1. The van der Waals surface area contributed by atoms with Crippen LogP contribution in [0, 0.1) is 6.92 Å². The highest BCUT2D eigenvalue weighted by molar-refractivity contribution is 6.33. The smallest absolute Gasteiger partial charge is 0.228 e. The number of carbonyl (C=O) groups excluding carboxylic acids is 1. The molecule has 26 heavy (non-hydrogen) atoms. The Morgan fingerprint density at radius 3 is 2.92 bits per heavy atom. The van der Waals surface area contributed by atoms with E-state index in [0.717, 1.165) is 24.3 Å². The number of carbonyl (C=O) groups is 1. The molecule has 1 aliphatic rings. The maximum Gasteiger partial charge on any atom is 0.228 e. The molecule has 5 nitrogen and oxygen atoms in total. The molecule has 0 saturated carbocycles. The van der Waals surface area contributed by atoms with Crippen LogP contribution in [-0.2, 0) is 11.2 Å². The number of nitrogens with zero attached hydrogens (tertiary/aromatic N) is 2. The predicted molar refractivity (Wildman–Crippen MR) is 98.0 cm³/mol. The second kappa shape index (κ2) is 7.00. The van der Waals surface area contributed by atoms with Gasteiger partial charge in [0.2, 0.25) is 11.8 Å². The number of amides is 1. The molecule has 1 atom stereocenters. The Balaban J connectivity index is 1.46. The van der Waals surface area contributed by atoms with Gasteiger partial charge in [0.25, 0.3) is 0 Å². The van der Waals surface area contributed by atoms with Gasteiger partial charge < -0.3 is 13.7 Å². The molecule has 0 N–H and O–H groups in total. The molecule has 3 heterocycles. The van der Waals surface area contributed by atoms with E-state index in [1.54, 1.807) is 12.3 Å². The molecule has 134 valence electrons. The lowest BCUT2D eigenvalue weighted by Crippen LogP contribution is -2.30. The monoisotopic (exact) mass is 370 g/mol. The minimum Gasteiger partial charge on any atom is -0.469 e. The van der Waals surface area contributed by atoms with Crippen molar-refractivity contribution in [3.05, 3.63) is 64.9 Å². The van der Waals surface area contributed by atoms with Gasteiger partial charge in [-0.2, -0.15) is 0 Å². The van der Waals surface area contributed by atoms with Crippen molar-refractivity contribution < 1.29 is 13.6 Å². The molecule has 0 bridgehead atoms. The van der Waals surface area contributed by atoms with Gasteiger partial charge in [-0.15, -0.1) is 0 Å². The average Bonchev–Trinajstić information content (AvgIpc) is 3.36. The van der Waals surface area contributed by atoms with Crippen LogP contribution in [0.4, 0.5) is 0 Å². The predicted octanol–water partition coefficient (Wildman–Crippen LogP) is 4.46. The molecule has 1 aliphatic heterocycles. The highest BCUT2D eigenvalue weighted by Gasteiger charge is 2.29. The van der Waals surface area contributed by atoms with Crippen molar-refractivity contribution in [2.75, 3.05) is 13.1 Å². The fourth-order valence-corrected chi connectivity index (χ4v) is 3.56. The van der Waals surface area contributed by atoms with E-state index in [9.17, 15) is 4.79 Å². The normalized spacial score (nSPS) is 17.0. The standard InChI is InChI=1S/C20H19ClN2O3/c1-13-17(22-20(26-13)15-5-2-3-6-16(15)21)11-19(24)23-9-8-14(12-23)18-7-4-10-25-18/h2-7,10,14H,8-9,11-12H2,1H3. The van der Waals surface area contributed by atoms with Crippen LogP contribution in [0.2, 0.25) is 5.02 Å². The molecule has 4 rings (SSSR count). The van der Waals surface area contributed by atoms with Crippen LogP contribution in [0.15, 0.2) is 51.5 Å². The van der Waals surface area contributed by atoms with Crippen molar-refractivity contribution in [2.24, 2.45) is 0 Å². The zero-order valence-corrected chi connectivity index (χ0v) is 15.2. The Bertz CT molecular complexity index is 917. The number of likely N-dealkylation sites (tertiary alicyclic amines) is 1. The zero-order valence-electron chi connectivity index (χ0n) is 14.4. The number of hydrogen-bond donors (Lipinski definition) is 0. The van der Waals surface area contributed by atoms with E-state index in [4.69, 9.17) is 20.4 Å². The number of furan rings is 1. The Morgan fingerprint density at radius 1 is 1.31 bits per heavy atom. The Labute approximate surface area is 156 Å². The first kappa shape index (κ1) is 16.9. The first-order valence-corrected chi connectivity index (χ1v) is 9.02. The molecule has 1 saturated heterocycles. The lowest BCUT2D eigenvalue weighted by atomic mass is 10.1. The third-order valence-corrected chi connectivity index (χ3v) is 5.13. The molecule has 1 amide bonds. The number of rotatable bonds is 4. The Hall–Kier alpha value is -2.53. The van der Waals surface area contributed by atoms with Crippen molar-refractivity contribution in [3.8, 4) is 11.5 Å². The molecule has 0 radical (unpaired) electrons. The Kier molecular flexibility index (Phi) is 4.55. The quantitative estimate of drug-likeness (QED) is 0.680. The summed E-state index contributed by atoms with van der Waals surface area (Å²) >= 11 is 6.21. The first-order chi connectivity index (χ1) is 12.6. The molecule has 3 aromatic rings. The molecule has 1 unspecified atom stereocenters. The van der Waals surface area contributed by atoms with Crippen LogP contribution in [0.25, 0.3) is 11.5 Å². The molecular weight excluding hydrogens is 352 g/mol. The van der Waals surface area contributed by atoms with Crippen molar-refractivity contribution in [1.29, 1.82) is 0 Å². The van der Waals surface area contributed by atoms with E-state index in [1.807, 2.05) is 42.2 Å². The highest BCUT2D eigenvalue weighted by Crippen LogP contribution is 2.30. The van der Waals surface area contributed by atoms with Crippen LogP contribution in [0.1, 0.15) is 29.6 Å². The average molecular weight is 371 g/mol. The minimum atomic E-state index is 0.0566. The van der Waals surface area contributed by atoms with Crippen molar-refractivity contribution in [2.45, 2.75) is 25.7 Å². The summed E-state index contributed by atoms with van der Waals surface area (Å²) in [5.74, 6) is 2.37. The topological polar surface area (TPSA) is 59.5 Å². The van der Waals surface area contributed by atoms with E-state index in [-0.39, 0.29) is 18.2 Å². The summed E-state index contributed by atoms with van der Waals surface area (Å²) in [5, 5.41) is 0.576. The lowest BCUT2D eigenvalue weighted by Gasteiger charge is -2.15. The number of hydrogen-bond acceptors (Lipinski definition) is 4. The van der Waals surface area contributed by atoms with Gasteiger partial charge in [0.05, 0.1) is 29.0 Å². The largest absolute Gasteiger partial charge is 0.469 e.